The molecule has 0 saturated heterocycles. The SMILES string of the molecule is N#Cc1cc(NC(=O)c2cccc(-n3cnnn3)c2)ccc1OCC(F)(F)F. The fourth-order valence-electron chi connectivity index (χ4n) is 2.25. The Hall–Kier alpha value is -3.94. The monoisotopic (exact) mass is 388 g/mol. The Balaban J connectivity index is 1.76. The summed E-state index contributed by atoms with van der Waals surface area (Å²) < 4.78 is 42.8. The number of amides is 1. The van der Waals surface area contributed by atoms with Gasteiger partial charge < -0.3 is 10.1 Å². The predicted octanol–water partition coefficient (Wildman–Crippen LogP) is 2.73. The second-order valence-electron chi connectivity index (χ2n) is 5.49. The van der Waals surface area contributed by atoms with Crippen LogP contribution in [0.3, 0.4) is 0 Å². The third kappa shape index (κ3) is 4.61. The standard InChI is InChI=1S/C17H11F3N6O2/c18-17(19,20)9-28-15-5-4-13(6-12(15)8-21)23-16(27)11-2-1-3-14(7-11)26-10-22-24-25-26/h1-7,10H,9H2,(H,23,27). The Morgan fingerprint density at radius 3 is 2.75 bits per heavy atom. The summed E-state index contributed by atoms with van der Waals surface area (Å²) in [6, 6.07) is 12.0. The molecule has 142 valence electrons. The number of benzene rings is 2. The number of hydrogen-bond donors (Lipinski definition) is 1. The average molecular weight is 388 g/mol. The summed E-state index contributed by atoms with van der Waals surface area (Å²) in [6.07, 6.45) is -3.15. The summed E-state index contributed by atoms with van der Waals surface area (Å²) in [5, 5.41) is 22.5. The number of anilines is 1. The van der Waals surface area contributed by atoms with Crippen molar-refractivity contribution in [1.82, 2.24) is 20.2 Å². The van der Waals surface area contributed by atoms with Gasteiger partial charge in [0.2, 0.25) is 0 Å². The number of halogens is 3. The van der Waals surface area contributed by atoms with E-state index in [0.717, 1.165) is 0 Å². The minimum Gasteiger partial charge on any atom is -0.483 e. The molecule has 0 aliphatic rings. The zero-order chi connectivity index (χ0) is 20.1. The Morgan fingerprint density at radius 1 is 1.25 bits per heavy atom. The summed E-state index contributed by atoms with van der Waals surface area (Å²) in [5.74, 6) is -0.707. The minimum atomic E-state index is -4.52. The van der Waals surface area contributed by atoms with Gasteiger partial charge in [-0.3, -0.25) is 4.79 Å². The molecule has 1 heterocycles. The molecule has 0 fully saturated rings. The van der Waals surface area contributed by atoms with Gasteiger partial charge in [-0.15, -0.1) is 5.10 Å². The smallest absolute Gasteiger partial charge is 0.422 e. The third-order valence-corrected chi connectivity index (χ3v) is 3.47. The van der Waals surface area contributed by atoms with Crippen LogP contribution in [-0.4, -0.2) is 38.9 Å². The maximum absolute atomic E-state index is 12.4. The van der Waals surface area contributed by atoms with Gasteiger partial charge in [-0.2, -0.15) is 18.4 Å². The van der Waals surface area contributed by atoms with Crippen LogP contribution in [0.25, 0.3) is 5.69 Å². The summed E-state index contributed by atoms with van der Waals surface area (Å²) in [6.45, 7) is -1.52. The average Bonchev–Trinajstić information content (AvgIpc) is 3.21. The van der Waals surface area contributed by atoms with Crippen molar-refractivity contribution in [2.45, 2.75) is 6.18 Å². The maximum Gasteiger partial charge on any atom is 0.422 e. The van der Waals surface area contributed by atoms with E-state index >= 15 is 0 Å². The van der Waals surface area contributed by atoms with Crippen molar-refractivity contribution in [3.05, 3.63) is 59.9 Å². The minimum absolute atomic E-state index is 0.135. The number of carbonyl (C=O) groups is 1. The molecule has 0 spiro atoms. The number of alkyl halides is 3. The summed E-state index contributed by atoms with van der Waals surface area (Å²) in [5.41, 5.74) is 0.952. The van der Waals surface area contributed by atoms with Gasteiger partial charge in [0.15, 0.2) is 6.61 Å². The first-order valence-electron chi connectivity index (χ1n) is 7.74. The number of nitrogens with zero attached hydrogens (tertiary/aromatic N) is 5. The van der Waals surface area contributed by atoms with Gasteiger partial charge in [0.25, 0.3) is 5.91 Å². The van der Waals surface area contributed by atoms with E-state index in [1.807, 2.05) is 0 Å². The number of carbonyl (C=O) groups excluding carboxylic acids is 1. The largest absolute Gasteiger partial charge is 0.483 e. The normalized spacial score (nSPS) is 10.9. The number of hydrogen-bond acceptors (Lipinski definition) is 6. The van der Waals surface area contributed by atoms with E-state index in [9.17, 15) is 18.0 Å². The highest BCUT2D eigenvalue weighted by Crippen LogP contribution is 2.25. The van der Waals surface area contributed by atoms with E-state index in [4.69, 9.17) is 5.26 Å². The Morgan fingerprint density at radius 2 is 2.07 bits per heavy atom. The predicted molar refractivity (Wildman–Crippen MR) is 89.8 cm³/mol. The maximum atomic E-state index is 12.4. The number of nitriles is 1. The first-order chi connectivity index (χ1) is 13.4. The lowest BCUT2D eigenvalue weighted by atomic mass is 10.1. The highest BCUT2D eigenvalue weighted by Gasteiger charge is 2.28. The summed E-state index contributed by atoms with van der Waals surface area (Å²) in [7, 11) is 0. The van der Waals surface area contributed by atoms with Gasteiger partial charge in [0, 0.05) is 11.3 Å². The van der Waals surface area contributed by atoms with E-state index in [2.05, 4.69) is 25.6 Å². The lowest BCUT2D eigenvalue weighted by Gasteiger charge is -2.12. The first-order valence-corrected chi connectivity index (χ1v) is 7.74. The molecule has 3 rings (SSSR count). The molecule has 0 unspecified atom stereocenters. The topological polar surface area (TPSA) is 106 Å². The molecule has 0 bridgehead atoms. The molecule has 8 nitrogen and oxygen atoms in total. The second kappa shape index (κ2) is 7.75. The Kier molecular flexibility index (Phi) is 5.21. The molecule has 0 saturated carbocycles. The van der Waals surface area contributed by atoms with Crippen LogP contribution in [0.5, 0.6) is 5.75 Å². The Bertz CT molecular complexity index is 1030. The fraction of sp³-hybridized carbons (Fsp3) is 0.118. The van der Waals surface area contributed by atoms with Gasteiger partial charge >= 0.3 is 6.18 Å². The van der Waals surface area contributed by atoms with E-state index in [1.165, 1.54) is 29.2 Å². The molecular weight excluding hydrogens is 377 g/mol. The summed E-state index contributed by atoms with van der Waals surface area (Å²) in [4.78, 5) is 12.4. The number of rotatable bonds is 5. The fourth-order valence-corrected chi connectivity index (χ4v) is 2.25. The zero-order valence-electron chi connectivity index (χ0n) is 14.0. The van der Waals surface area contributed by atoms with Gasteiger partial charge in [-0.25, -0.2) is 4.68 Å². The van der Waals surface area contributed by atoms with Crippen molar-refractivity contribution in [1.29, 1.82) is 5.26 Å². The van der Waals surface area contributed by atoms with Crippen LogP contribution < -0.4 is 10.1 Å². The van der Waals surface area contributed by atoms with Crippen molar-refractivity contribution >= 4 is 11.6 Å². The van der Waals surface area contributed by atoms with E-state index in [0.29, 0.717) is 11.3 Å². The quantitative estimate of drug-likeness (QED) is 0.720. The molecule has 0 radical (unpaired) electrons. The number of nitrogens with one attached hydrogen (secondary N) is 1. The molecule has 28 heavy (non-hydrogen) atoms. The van der Waals surface area contributed by atoms with Crippen LogP contribution in [0.4, 0.5) is 18.9 Å². The van der Waals surface area contributed by atoms with E-state index in [1.54, 1.807) is 30.3 Å². The molecule has 11 heteroatoms. The van der Waals surface area contributed by atoms with Crippen LogP contribution in [0, 0.1) is 11.3 Å². The molecule has 0 aliphatic heterocycles. The van der Waals surface area contributed by atoms with Crippen molar-refractivity contribution in [3.63, 3.8) is 0 Å². The molecule has 1 N–H and O–H groups in total. The van der Waals surface area contributed by atoms with E-state index < -0.39 is 18.7 Å². The first kappa shape index (κ1) is 18.8. The van der Waals surface area contributed by atoms with Crippen LogP contribution in [0.15, 0.2) is 48.8 Å². The highest BCUT2D eigenvalue weighted by atomic mass is 19.4. The number of tetrazole rings is 1. The molecule has 0 aliphatic carbocycles. The lowest BCUT2D eigenvalue weighted by molar-refractivity contribution is -0.153. The Labute approximate surface area is 156 Å². The molecule has 1 aromatic heterocycles. The van der Waals surface area contributed by atoms with Crippen molar-refractivity contribution in [2.75, 3.05) is 11.9 Å². The molecule has 0 atom stereocenters. The van der Waals surface area contributed by atoms with Gasteiger partial charge in [0.1, 0.15) is 18.1 Å². The lowest BCUT2D eigenvalue weighted by Crippen LogP contribution is -2.19. The van der Waals surface area contributed by atoms with Crippen LogP contribution in [0.2, 0.25) is 0 Å². The highest BCUT2D eigenvalue weighted by molar-refractivity contribution is 6.04. The number of ether oxygens (including phenoxy) is 1. The van der Waals surface area contributed by atoms with E-state index in [-0.39, 0.29) is 17.0 Å². The zero-order valence-corrected chi connectivity index (χ0v) is 14.0. The van der Waals surface area contributed by atoms with Crippen molar-refractivity contribution in [3.8, 4) is 17.5 Å². The summed E-state index contributed by atoms with van der Waals surface area (Å²) >= 11 is 0. The van der Waals surface area contributed by atoms with Crippen LogP contribution in [0.1, 0.15) is 15.9 Å². The molecule has 3 aromatic rings. The molecule has 1 amide bonds. The molecular formula is C17H11F3N6O2. The second-order valence-corrected chi connectivity index (χ2v) is 5.49. The number of aromatic nitrogens is 4. The van der Waals surface area contributed by atoms with Gasteiger partial charge in [-0.1, -0.05) is 6.07 Å². The molecule has 2 aromatic carbocycles. The van der Waals surface area contributed by atoms with Gasteiger partial charge in [-0.05, 0) is 46.8 Å². The van der Waals surface area contributed by atoms with Crippen LogP contribution >= 0.6 is 0 Å². The van der Waals surface area contributed by atoms with Gasteiger partial charge in [0.05, 0.1) is 11.3 Å². The van der Waals surface area contributed by atoms with Crippen LogP contribution in [-0.2, 0) is 0 Å². The van der Waals surface area contributed by atoms with Crippen molar-refractivity contribution in [2.24, 2.45) is 0 Å². The third-order valence-electron chi connectivity index (χ3n) is 3.47. The van der Waals surface area contributed by atoms with Crippen molar-refractivity contribution < 1.29 is 22.7 Å².